The van der Waals surface area contributed by atoms with Crippen LogP contribution in [0.2, 0.25) is 0 Å². The zero-order chi connectivity index (χ0) is 14.7. The van der Waals surface area contributed by atoms with Crippen LogP contribution in [-0.4, -0.2) is 11.2 Å². The van der Waals surface area contributed by atoms with E-state index in [4.69, 9.17) is 4.74 Å². The lowest BCUT2D eigenvalue weighted by atomic mass is 10.2. The fraction of sp³-hybridized carbons (Fsp3) is 0. The topological polar surface area (TPSA) is 69.4 Å². The monoisotopic (exact) mass is 279 g/mol. The maximum Gasteiger partial charge on any atom is 0.311 e. The molecule has 0 fully saturated rings. The molecular weight excluding hydrogens is 272 g/mol. The molecule has 2 rings (SSSR count). The van der Waals surface area contributed by atoms with E-state index in [9.17, 15) is 23.7 Å². The molecule has 0 aliphatic heterocycles. The van der Waals surface area contributed by atoms with Crippen molar-refractivity contribution in [2.75, 3.05) is 0 Å². The Balaban J connectivity index is 2.43. The van der Waals surface area contributed by atoms with E-state index in [1.165, 1.54) is 6.07 Å². The van der Waals surface area contributed by atoms with Crippen LogP contribution in [0.4, 0.5) is 14.5 Å². The van der Waals surface area contributed by atoms with E-state index in [1.807, 2.05) is 0 Å². The molecule has 0 aromatic heterocycles. The molecule has 0 saturated carbocycles. The second-order valence-corrected chi connectivity index (χ2v) is 3.81. The Morgan fingerprint density at radius 2 is 1.85 bits per heavy atom. The van der Waals surface area contributed by atoms with E-state index >= 15 is 0 Å². The maximum absolute atomic E-state index is 13.2. The van der Waals surface area contributed by atoms with Crippen molar-refractivity contribution in [1.29, 1.82) is 0 Å². The van der Waals surface area contributed by atoms with Gasteiger partial charge in [0.25, 0.3) is 0 Å². The van der Waals surface area contributed by atoms with E-state index in [1.54, 1.807) is 0 Å². The number of ether oxygens (including phenoxy) is 1. The van der Waals surface area contributed by atoms with Crippen molar-refractivity contribution in [3.05, 3.63) is 63.7 Å². The lowest BCUT2D eigenvalue weighted by molar-refractivity contribution is -0.385. The van der Waals surface area contributed by atoms with Crippen molar-refractivity contribution < 1.29 is 23.2 Å². The number of benzene rings is 2. The lowest BCUT2D eigenvalue weighted by Crippen LogP contribution is -1.95. The number of aldehydes is 1. The highest BCUT2D eigenvalue weighted by molar-refractivity contribution is 5.75. The fourth-order valence-corrected chi connectivity index (χ4v) is 1.56. The van der Waals surface area contributed by atoms with E-state index in [-0.39, 0.29) is 17.1 Å². The minimum absolute atomic E-state index is 0.000874. The molecule has 2 aromatic rings. The number of halogens is 2. The van der Waals surface area contributed by atoms with Gasteiger partial charge in [0.05, 0.1) is 4.92 Å². The number of nitrogens with zero attached hydrogens (tertiary/aromatic N) is 1. The highest BCUT2D eigenvalue weighted by atomic mass is 19.1. The number of hydrogen-bond acceptors (Lipinski definition) is 4. The smallest absolute Gasteiger partial charge is 0.311 e. The third kappa shape index (κ3) is 2.94. The second-order valence-electron chi connectivity index (χ2n) is 3.81. The number of nitro benzene ring substituents is 1. The van der Waals surface area contributed by atoms with Crippen LogP contribution in [0, 0.1) is 21.7 Å². The molecule has 0 heterocycles. The highest BCUT2D eigenvalue weighted by Crippen LogP contribution is 2.32. The van der Waals surface area contributed by atoms with Gasteiger partial charge in [-0.2, -0.15) is 0 Å². The predicted octanol–water partition coefficient (Wildman–Crippen LogP) is 3.48. The summed E-state index contributed by atoms with van der Waals surface area (Å²) >= 11 is 0. The second kappa shape index (κ2) is 5.43. The molecule has 0 radical (unpaired) electrons. The standard InChI is InChI=1S/C13H7F2NO4/c14-9-1-2-12(16(18)19)13(6-9)20-11-4-8(7-17)3-10(15)5-11/h1-7H. The van der Waals surface area contributed by atoms with Crippen molar-refractivity contribution in [3.63, 3.8) is 0 Å². The van der Waals surface area contributed by atoms with Crippen molar-refractivity contribution in [1.82, 2.24) is 0 Å². The van der Waals surface area contributed by atoms with Crippen LogP contribution in [0.15, 0.2) is 36.4 Å². The molecular formula is C13H7F2NO4. The van der Waals surface area contributed by atoms with Crippen LogP contribution in [0.3, 0.4) is 0 Å². The Bertz CT molecular complexity index is 688. The molecule has 0 aliphatic carbocycles. The molecule has 102 valence electrons. The molecule has 0 amide bonds. The Hall–Kier alpha value is -2.83. The van der Waals surface area contributed by atoms with Gasteiger partial charge in [0.2, 0.25) is 5.75 Å². The minimum Gasteiger partial charge on any atom is -0.450 e. The number of carbonyl (C=O) groups is 1. The predicted molar refractivity (Wildman–Crippen MR) is 64.9 cm³/mol. The van der Waals surface area contributed by atoms with Crippen molar-refractivity contribution in [2.24, 2.45) is 0 Å². The summed E-state index contributed by atoms with van der Waals surface area (Å²) in [6.07, 6.45) is 0.399. The van der Waals surface area contributed by atoms with Gasteiger partial charge >= 0.3 is 5.69 Å². The number of nitro groups is 1. The Labute approximate surface area is 111 Å². The van der Waals surface area contributed by atoms with Gasteiger partial charge in [-0.1, -0.05) is 0 Å². The first-order valence-corrected chi connectivity index (χ1v) is 5.37. The van der Waals surface area contributed by atoms with Gasteiger partial charge in [-0.05, 0) is 18.2 Å². The third-order valence-electron chi connectivity index (χ3n) is 2.38. The van der Waals surface area contributed by atoms with Crippen molar-refractivity contribution >= 4 is 12.0 Å². The zero-order valence-corrected chi connectivity index (χ0v) is 9.88. The highest BCUT2D eigenvalue weighted by Gasteiger charge is 2.17. The molecule has 0 aliphatic rings. The molecule has 20 heavy (non-hydrogen) atoms. The summed E-state index contributed by atoms with van der Waals surface area (Å²) in [5.41, 5.74) is -0.470. The molecule has 0 unspecified atom stereocenters. The Morgan fingerprint density at radius 3 is 2.50 bits per heavy atom. The van der Waals surface area contributed by atoms with Crippen LogP contribution < -0.4 is 4.74 Å². The molecule has 0 bridgehead atoms. The molecule has 0 N–H and O–H groups in total. The van der Waals surface area contributed by atoms with Gasteiger partial charge < -0.3 is 4.74 Å². The number of hydrogen-bond donors (Lipinski definition) is 0. The minimum atomic E-state index is -0.755. The van der Waals surface area contributed by atoms with Gasteiger partial charge in [0.1, 0.15) is 23.7 Å². The summed E-state index contributed by atoms with van der Waals surface area (Å²) < 4.78 is 31.4. The van der Waals surface area contributed by atoms with Gasteiger partial charge in [-0.15, -0.1) is 0 Å². The lowest BCUT2D eigenvalue weighted by Gasteiger charge is -2.07. The molecule has 0 saturated heterocycles. The first-order valence-electron chi connectivity index (χ1n) is 5.37. The Kier molecular flexibility index (Phi) is 3.69. The zero-order valence-electron chi connectivity index (χ0n) is 9.88. The summed E-state index contributed by atoms with van der Waals surface area (Å²) in [5, 5.41) is 10.8. The summed E-state index contributed by atoms with van der Waals surface area (Å²) in [7, 11) is 0. The average molecular weight is 279 g/mol. The summed E-state index contributed by atoms with van der Waals surface area (Å²) in [6.45, 7) is 0. The molecule has 2 aromatic carbocycles. The van der Waals surface area contributed by atoms with Crippen LogP contribution in [0.5, 0.6) is 11.5 Å². The van der Waals surface area contributed by atoms with Gasteiger partial charge in [0.15, 0.2) is 0 Å². The quantitative estimate of drug-likeness (QED) is 0.488. The first-order chi connectivity index (χ1) is 9.49. The largest absolute Gasteiger partial charge is 0.450 e. The van der Waals surface area contributed by atoms with E-state index in [0.29, 0.717) is 6.29 Å². The molecule has 5 nitrogen and oxygen atoms in total. The van der Waals surface area contributed by atoms with E-state index in [0.717, 1.165) is 30.3 Å². The van der Waals surface area contributed by atoms with Gasteiger partial charge in [-0.25, -0.2) is 8.78 Å². The van der Waals surface area contributed by atoms with E-state index < -0.39 is 22.2 Å². The summed E-state index contributed by atoms with van der Waals surface area (Å²) in [4.78, 5) is 20.6. The first kappa shape index (κ1) is 13.6. The Morgan fingerprint density at radius 1 is 1.10 bits per heavy atom. The number of rotatable bonds is 4. The van der Waals surface area contributed by atoms with Gasteiger partial charge in [0, 0.05) is 23.8 Å². The molecule has 0 spiro atoms. The molecule has 7 heteroatoms. The number of carbonyl (C=O) groups excluding carboxylic acids is 1. The van der Waals surface area contributed by atoms with Crippen molar-refractivity contribution in [3.8, 4) is 11.5 Å². The normalized spacial score (nSPS) is 10.1. The fourth-order valence-electron chi connectivity index (χ4n) is 1.56. The average Bonchev–Trinajstić information content (AvgIpc) is 2.37. The van der Waals surface area contributed by atoms with Crippen LogP contribution in [0.1, 0.15) is 10.4 Å². The summed E-state index contributed by atoms with van der Waals surface area (Å²) in [5.74, 6) is -2.00. The maximum atomic E-state index is 13.2. The van der Waals surface area contributed by atoms with Crippen LogP contribution in [0.25, 0.3) is 0 Å². The summed E-state index contributed by atoms with van der Waals surface area (Å²) in [6, 6.07) is 5.74. The van der Waals surface area contributed by atoms with Crippen molar-refractivity contribution in [2.45, 2.75) is 0 Å². The van der Waals surface area contributed by atoms with Crippen LogP contribution >= 0.6 is 0 Å². The van der Waals surface area contributed by atoms with E-state index in [2.05, 4.69) is 0 Å². The SMILES string of the molecule is O=Cc1cc(F)cc(Oc2cc(F)ccc2[N+](=O)[O-])c1. The van der Waals surface area contributed by atoms with Crippen LogP contribution in [-0.2, 0) is 0 Å². The third-order valence-corrected chi connectivity index (χ3v) is 2.38. The van der Waals surface area contributed by atoms with Gasteiger partial charge in [-0.3, -0.25) is 14.9 Å². The molecule has 0 atom stereocenters.